The van der Waals surface area contributed by atoms with Crippen molar-refractivity contribution in [1.29, 1.82) is 0 Å². The van der Waals surface area contributed by atoms with E-state index in [4.69, 9.17) is 4.74 Å². The first-order chi connectivity index (χ1) is 12.1. The predicted molar refractivity (Wildman–Crippen MR) is 86.5 cm³/mol. The number of nitrogens with zero attached hydrogens (tertiary/aromatic N) is 2. The first kappa shape index (κ1) is 16.9. The Hall–Kier alpha value is -2.90. The Morgan fingerprint density at radius 3 is 2.52 bits per heavy atom. The van der Waals surface area contributed by atoms with Gasteiger partial charge in [0.1, 0.15) is 0 Å². The van der Waals surface area contributed by atoms with Gasteiger partial charge in [-0.2, -0.15) is 0 Å². The highest BCUT2D eigenvalue weighted by molar-refractivity contribution is 6.02. The average molecular weight is 345 g/mol. The van der Waals surface area contributed by atoms with Crippen molar-refractivity contribution in [2.24, 2.45) is 0 Å². The maximum absolute atomic E-state index is 12.3. The second-order valence-corrected chi connectivity index (χ2v) is 5.96. The molecule has 8 heteroatoms. The molecule has 0 radical (unpaired) electrons. The second-order valence-electron chi connectivity index (χ2n) is 5.96. The number of ether oxygens (including phenoxy) is 1. The first-order valence-corrected chi connectivity index (χ1v) is 8.17. The maximum atomic E-state index is 12.3. The molecule has 0 bridgehead atoms. The molecule has 2 heterocycles. The van der Waals surface area contributed by atoms with Crippen molar-refractivity contribution in [3.05, 3.63) is 35.4 Å². The van der Waals surface area contributed by atoms with Crippen molar-refractivity contribution in [3.8, 4) is 0 Å². The van der Waals surface area contributed by atoms with E-state index < -0.39 is 12.0 Å². The number of hydrogen-bond acceptors (Lipinski definition) is 5. The molecule has 2 aliphatic rings. The van der Waals surface area contributed by atoms with Crippen LogP contribution < -0.4 is 5.32 Å². The number of carbonyl (C=O) groups excluding carboxylic acids is 4. The Morgan fingerprint density at radius 2 is 1.84 bits per heavy atom. The summed E-state index contributed by atoms with van der Waals surface area (Å²) in [5.74, 6) is -1.20. The zero-order chi connectivity index (χ0) is 17.8. The highest BCUT2D eigenvalue weighted by Crippen LogP contribution is 2.15. The van der Waals surface area contributed by atoms with Gasteiger partial charge in [-0.05, 0) is 24.5 Å². The van der Waals surface area contributed by atoms with Crippen molar-refractivity contribution in [2.75, 3.05) is 26.2 Å². The number of benzene rings is 1. The molecule has 1 aromatic rings. The van der Waals surface area contributed by atoms with Gasteiger partial charge in [0, 0.05) is 13.1 Å². The lowest BCUT2D eigenvalue weighted by Crippen LogP contribution is -2.33. The summed E-state index contributed by atoms with van der Waals surface area (Å²) in [5, 5.41) is 2.43. The third kappa shape index (κ3) is 3.78. The van der Waals surface area contributed by atoms with E-state index >= 15 is 0 Å². The normalized spacial score (nSPS) is 17.0. The van der Waals surface area contributed by atoms with E-state index in [1.165, 1.54) is 0 Å². The molecule has 2 aliphatic heterocycles. The van der Waals surface area contributed by atoms with Crippen molar-refractivity contribution >= 4 is 23.8 Å². The maximum Gasteiger partial charge on any atom is 0.338 e. The summed E-state index contributed by atoms with van der Waals surface area (Å²) < 4.78 is 5.13. The molecular weight excluding hydrogens is 326 g/mol. The average Bonchev–Trinajstić information content (AvgIpc) is 3.26. The minimum atomic E-state index is -0.643. The third-order valence-corrected chi connectivity index (χ3v) is 4.29. The number of carbonyl (C=O) groups is 4. The minimum absolute atomic E-state index is 0.0178. The second kappa shape index (κ2) is 7.33. The van der Waals surface area contributed by atoms with Gasteiger partial charge in [-0.15, -0.1) is 0 Å². The van der Waals surface area contributed by atoms with Crippen LogP contribution in [0.4, 0.5) is 4.79 Å². The monoisotopic (exact) mass is 345 g/mol. The van der Waals surface area contributed by atoms with Crippen LogP contribution in [0.3, 0.4) is 0 Å². The summed E-state index contributed by atoms with van der Waals surface area (Å²) in [4.78, 5) is 50.4. The number of urea groups is 1. The van der Waals surface area contributed by atoms with Crippen molar-refractivity contribution in [2.45, 2.75) is 19.4 Å². The number of hydrogen-bond donors (Lipinski definition) is 1. The summed E-state index contributed by atoms with van der Waals surface area (Å²) in [6, 6.07) is 6.08. The van der Waals surface area contributed by atoms with E-state index in [9.17, 15) is 19.2 Å². The van der Waals surface area contributed by atoms with Crippen LogP contribution >= 0.6 is 0 Å². The van der Waals surface area contributed by atoms with Crippen LogP contribution in [0.1, 0.15) is 28.8 Å². The lowest BCUT2D eigenvalue weighted by molar-refractivity contribution is -0.133. The lowest BCUT2D eigenvalue weighted by Gasteiger charge is -2.17. The SMILES string of the molecule is O=C(OCC(=O)N1CCCC1)c1ccccc1CN1C(=O)CNC1=O. The van der Waals surface area contributed by atoms with Gasteiger partial charge in [0.05, 0.1) is 18.7 Å². The quantitative estimate of drug-likeness (QED) is 0.620. The Kier molecular flexibility index (Phi) is 4.97. The molecule has 8 nitrogen and oxygen atoms in total. The summed E-state index contributed by atoms with van der Waals surface area (Å²) in [6.07, 6.45) is 1.93. The van der Waals surface area contributed by atoms with Crippen LogP contribution in [0.5, 0.6) is 0 Å². The Labute approximate surface area is 144 Å². The molecule has 25 heavy (non-hydrogen) atoms. The molecule has 0 atom stereocenters. The van der Waals surface area contributed by atoms with E-state index in [1.54, 1.807) is 29.2 Å². The van der Waals surface area contributed by atoms with Crippen LogP contribution in [0, 0.1) is 0 Å². The van der Waals surface area contributed by atoms with Crippen LogP contribution in [0.15, 0.2) is 24.3 Å². The molecular formula is C17H19N3O5. The zero-order valence-corrected chi connectivity index (χ0v) is 13.7. The van der Waals surface area contributed by atoms with E-state index in [-0.39, 0.29) is 37.1 Å². The van der Waals surface area contributed by atoms with E-state index in [0.717, 1.165) is 17.7 Å². The third-order valence-electron chi connectivity index (χ3n) is 4.29. The molecule has 132 valence electrons. The Balaban J connectivity index is 1.65. The van der Waals surface area contributed by atoms with Crippen LogP contribution in [0.25, 0.3) is 0 Å². The topological polar surface area (TPSA) is 96.0 Å². The van der Waals surface area contributed by atoms with E-state index in [0.29, 0.717) is 18.7 Å². The van der Waals surface area contributed by atoms with Gasteiger partial charge >= 0.3 is 12.0 Å². The summed E-state index contributed by atoms with van der Waals surface area (Å²) >= 11 is 0. The van der Waals surface area contributed by atoms with Gasteiger partial charge in [-0.3, -0.25) is 14.5 Å². The number of imide groups is 1. The van der Waals surface area contributed by atoms with Crippen molar-refractivity contribution in [3.63, 3.8) is 0 Å². The van der Waals surface area contributed by atoms with Gasteiger partial charge in [0.15, 0.2) is 6.61 Å². The predicted octanol–water partition coefficient (Wildman–Crippen LogP) is 0.518. The smallest absolute Gasteiger partial charge is 0.338 e. The molecule has 4 amide bonds. The van der Waals surface area contributed by atoms with Gasteiger partial charge in [-0.25, -0.2) is 9.59 Å². The number of likely N-dealkylation sites (tertiary alicyclic amines) is 1. The fourth-order valence-corrected chi connectivity index (χ4v) is 2.91. The fraction of sp³-hybridized carbons (Fsp3) is 0.412. The molecule has 0 saturated carbocycles. The van der Waals surface area contributed by atoms with Gasteiger partial charge in [-0.1, -0.05) is 18.2 Å². The minimum Gasteiger partial charge on any atom is -0.452 e. The van der Waals surface area contributed by atoms with Gasteiger partial charge < -0.3 is 15.0 Å². The molecule has 0 aliphatic carbocycles. The molecule has 2 saturated heterocycles. The molecule has 2 fully saturated rings. The summed E-state index contributed by atoms with van der Waals surface area (Å²) in [6.45, 7) is 1.01. The summed E-state index contributed by atoms with van der Waals surface area (Å²) in [5.41, 5.74) is 0.732. The molecule has 0 spiro atoms. The van der Waals surface area contributed by atoms with Crippen LogP contribution in [0.2, 0.25) is 0 Å². The largest absolute Gasteiger partial charge is 0.452 e. The number of rotatable bonds is 5. The summed E-state index contributed by atoms with van der Waals surface area (Å²) in [7, 11) is 0. The van der Waals surface area contributed by atoms with E-state index in [2.05, 4.69) is 5.32 Å². The van der Waals surface area contributed by atoms with Crippen LogP contribution in [-0.4, -0.2) is 59.9 Å². The molecule has 0 unspecified atom stereocenters. The van der Waals surface area contributed by atoms with E-state index in [1.807, 2.05) is 0 Å². The standard InChI is InChI=1S/C17H19N3O5/c21-14-9-18-17(24)20(14)10-12-5-1-2-6-13(12)16(23)25-11-15(22)19-7-3-4-8-19/h1-2,5-6H,3-4,7-11H2,(H,18,24). The number of nitrogens with one attached hydrogen (secondary N) is 1. The molecule has 0 aromatic heterocycles. The Bertz CT molecular complexity index is 696. The Morgan fingerprint density at radius 1 is 1.12 bits per heavy atom. The lowest BCUT2D eigenvalue weighted by atomic mass is 10.1. The number of esters is 1. The van der Waals surface area contributed by atoms with Gasteiger partial charge in [0.2, 0.25) is 5.91 Å². The molecule has 1 N–H and O–H groups in total. The first-order valence-electron chi connectivity index (χ1n) is 8.17. The molecule has 1 aromatic carbocycles. The van der Waals surface area contributed by atoms with Crippen molar-refractivity contribution < 1.29 is 23.9 Å². The van der Waals surface area contributed by atoms with Crippen molar-refractivity contribution in [1.82, 2.24) is 15.1 Å². The van der Waals surface area contributed by atoms with Crippen LogP contribution in [-0.2, 0) is 20.9 Å². The fourth-order valence-electron chi connectivity index (χ4n) is 2.91. The highest BCUT2D eigenvalue weighted by atomic mass is 16.5. The number of amides is 4. The highest BCUT2D eigenvalue weighted by Gasteiger charge is 2.29. The molecule has 3 rings (SSSR count). The zero-order valence-electron chi connectivity index (χ0n) is 13.7. The van der Waals surface area contributed by atoms with Gasteiger partial charge in [0.25, 0.3) is 5.91 Å².